The van der Waals surface area contributed by atoms with E-state index in [1.165, 1.54) is 12.1 Å². The summed E-state index contributed by atoms with van der Waals surface area (Å²) in [5.41, 5.74) is -0.0253. The highest BCUT2D eigenvalue weighted by Gasteiger charge is 2.35. The second-order valence-corrected chi connectivity index (χ2v) is 8.75. The first-order chi connectivity index (χ1) is 11.6. The normalized spacial score (nSPS) is 16.3. The minimum absolute atomic E-state index is 0.00523. The molecule has 1 aromatic rings. The van der Waals surface area contributed by atoms with Gasteiger partial charge in [0.05, 0.1) is 10.3 Å². The monoisotopic (exact) mass is 361 g/mol. The van der Waals surface area contributed by atoms with Gasteiger partial charge >= 0.3 is 0 Å². The van der Waals surface area contributed by atoms with Crippen LogP contribution < -0.4 is 0 Å². The Labute approximate surface area is 149 Å². The second kappa shape index (κ2) is 6.98. The summed E-state index contributed by atoms with van der Waals surface area (Å²) in [6, 6.07) is 7.67. The lowest BCUT2D eigenvalue weighted by atomic mass is 9.83. The minimum Gasteiger partial charge on any atom is -0.339 e. The molecular formula is C18H23N3O3S. The molecule has 1 amide bonds. The van der Waals surface area contributed by atoms with Crippen LogP contribution in [0.4, 0.5) is 0 Å². The predicted octanol–water partition coefficient (Wildman–Crippen LogP) is 1.55. The Bertz CT molecular complexity index is 812. The number of hydrogen-bond donors (Lipinski definition) is 0. The van der Waals surface area contributed by atoms with E-state index >= 15 is 0 Å². The van der Waals surface area contributed by atoms with E-state index in [1.807, 2.05) is 25.8 Å². The standard InChI is InChI=1S/C18H23N3O3S/c1-14(13-19)25(23,24)16-7-5-15(6-8-16)18(2,3)17(22)21-11-9-20(4)10-12-21/h5-8H,1,9-12H2,2-4H3. The maximum atomic E-state index is 12.9. The van der Waals surface area contributed by atoms with Gasteiger partial charge in [-0.1, -0.05) is 18.7 Å². The van der Waals surface area contributed by atoms with Gasteiger partial charge in [0, 0.05) is 26.2 Å². The number of nitriles is 1. The fourth-order valence-electron chi connectivity index (χ4n) is 2.78. The van der Waals surface area contributed by atoms with Gasteiger partial charge in [-0.05, 0) is 38.6 Å². The van der Waals surface area contributed by atoms with Crippen LogP contribution in [0.2, 0.25) is 0 Å². The Kier molecular flexibility index (Phi) is 5.35. The molecule has 2 rings (SSSR count). The number of amides is 1. The van der Waals surface area contributed by atoms with Crippen LogP contribution in [-0.2, 0) is 20.0 Å². The van der Waals surface area contributed by atoms with E-state index in [4.69, 9.17) is 5.26 Å². The van der Waals surface area contributed by atoms with Gasteiger partial charge in [-0.15, -0.1) is 0 Å². The Morgan fingerprint density at radius 1 is 1.16 bits per heavy atom. The van der Waals surface area contributed by atoms with Crippen molar-refractivity contribution in [2.24, 2.45) is 0 Å². The van der Waals surface area contributed by atoms with E-state index < -0.39 is 20.2 Å². The van der Waals surface area contributed by atoms with E-state index in [1.54, 1.807) is 18.2 Å². The van der Waals surface area contributed by atoms with E-state index in [-0.39, 0.29) is 10.8 Å². The molecule has 6 nitrogen and oxygen atoms in total. The SMILES string of the molecule is C=C(C#N)S(=O)(=O)c1ccc(C(C)(C)C(=O)N2CCN(C)CC2)cc1. The zero-order valence-corrected chi connectivity index (χ0v) is 15.6. The van der Waals surface area contributed by atoms with Crippen LogP contribution in [0.5, 0.6) is 0 Å². The van der Waals surface area contributed by atoms with Crippen molar-refractivity contribution in [1.82, 2.24) is 9.80 Å². The van der Waals surface area contributed by atoms with Crippen LogP contribution in [0.15, 0.2) is 40.6 Å². The summed E-state index contributed by atoms with van der Waals surface area (Å²) >= 11 is 0. The lowest BCUT2D eigenvalue weighted by Crippen LogP contribution is -2.52. The number of nitrogens with zero attached hydrogens (tertiary/aromatic N) is 3. The number of hydrogen-bond acceptors (Lipinski definition) is 5. The van der Waals surface area contributed by atoms with E-state index in [0.29, 0.717) is 13.1 Å². The molecule has 0 unspecified atom stereocenters. The van der Waals surface area contributed by atoms with E-state index in [2.05, 4.69) is 11.5 Å². The van der Waals surface area contributed by atoms with Crippen molar-refractivity contribution in [3.63, 3.8) is 0 Å². The lowest BCUT2D eigenvalue weighted by Gasteiger charge is -2.37. The predicted molar refractivity (Wildman–Crippen MR) is 95.5 cm³/mol. The quantitative estimate of drug-likeness (QED) is 0.760. The van der Waals surface area contributed by atoms with E-state index in [0.717, 1.165) is 18.7 Å². The smallest absolute Gasteiger partial charge is 0.232 e. The molecule has 0 aliphatic carbocycles. The van der Waals surface area contributed by atoms with Crippen LogP contribution in [0, 0.1) is 11.3 Å². The molecule has 0 N–H and O–H groups in total. The molecule has 1 heterocycles. The Balaban J connectivity index is 2.24. The summed E-state index contributed by atoms with van der Waals surface area (Å²) in [5.74, 6) is 0.0256. The molecule has 1 aromatic carbocycles. The van der Waals surface area contributed by atoms with Gasteiger partial charge in [0.25, 0.3) is 0 Å². The summed E-state index contributed by atoms with van der Waals surface area (Å²) in [5, 5.41) is 8.77. The van der Waals surface area contributed by atoms with Crippen LogP contribution in [0.25, 0.3) is 0 Å². The first-order valence-corrected chi connectivity index (χ1v) is 9.51. The van der Waals surface area contributed by atoms with Crippen molar-refractivity contribution in [3.05, 3.63) is 41.3 Å². The van der Waals surface area contributed by atoms with Gasteiger partial charge < -0.3 is 9.80 Å². The fourth-order valence-corrected chi connectivity index (χ4v) is 3.68. The largest absolute Gasteiger partial charge is 0.339 e. The van der Waals surface area contributed by atoms with E-state index in [9.17, 15) is 13.2 Å². The molecule has 0 aromatic heterocycles. The van der Waals surface area contributed by atoms with Crippen molar-refractivity contribution in [2.45, 2.75) is 24.2 Å². The summed E-state index contributed by atoms with van der Waals surface area (Å²) in [4.78, 5) is 16.4. The topological polar surface area (TPSA) is 81.5 Å². The van der Waals surface area contributed by atoms with Crippen LogP contribution >= 0.6 is 0 Å². The van der Waals surface area contributed by atoms with Crippen molar-refractivity contribution in [2.75, 3.05) is 33.2 Å². The molecule has 0 saturated carbocycles. The number of rotatable bonds is 4. The number of allylic oxidation sites excluding steroid dienone is 1. The number of benzene rings is 1. The molecule has 1 aliphatic rings. The summed E-state index contributed by atoms with van der Waals surface area (Å²) < 4.78 is 24.3. The molecule has 0 bridgehead atoms. The third-order valence-electron chi connectivity index (χ3n) is 4.66. The number of piperazine rings is 1. The maximum Gasteiger partial charge on any atom is 0.232 e. The molecule has 134 valence electrons. The van der Waals surface area contributed by atoms with Gasteiger partial charge in [-0.25, -0.2) is 8.42 Å². The van der Waals surface area contributed by atoms with Crippen molar-refractivity contribution in [3.8, 4) is 6.07 Å². The molecule has 0 spiro atoms. The summed E-state index contributed by atoms with van der Waals surface area (Å²) in [6.45, 7) is 10.0. The van der Waals surface area contributed by atoms with Crippen molar-refractivity contribution >= 4 is 15.7 Å². The zero-order chi connectivity index (χ0) is 18.8. The van der Waals surface area contributed by atoms with Crippen LogP contribution in [0.1, 0.15) is 19.4 Å². The highest BCUT2D eigenvalue weighted by molar-refractivity contribution is 7.95. The molecule has 0 atom stereocenters. The highest BCUT2D eigenvalue weighted by Crippen LogP contribution is 2.28. The second-order valence-electron chi connectivity index (χ2n) is 6.78. The number of sulfone groups is 1. The molecule has 0 radical (unpaired) electrons. The molecule has 7 heteroatoms. The molecule has 1 aliphatic heterocycles. The van der Waals surface area contributed by atoms with Crippen molar-refractivity contribution < 1.29 is 13.2 Å². The Hall–Kier alpha value is -2.17. The Morgan fingerprint density at radius 2 is 1.68 bits per heavy atom. The number of carbonyl (C=O) groups is 1. The highest BCUT2D eigenvalue weighted by atomic mass is 32.2. The fraction of sp³-hybridized carbons (Fsp3) is 0.444. The Morgan fingerprint density at radius 3 is 2.16 bits per heavy atom. The van der Waals surface area contributed by atoms with Crippen LogP contribution in [0.3, 0.4) is 0 Å². The lowest BCUT2D eigenvalue weighted by molar-refractivity contribution is -0.137. The average molecular weight is 361 g/mol. The number of likely N-dealkylation sites (N-methyl/N-ethyl adjacent to an activating group) is 1. The zero-order valence-electron chi connectivity index (χ0n) is 14.8. The van der Waals surface area contributed by atoms with Gasteiger partial charge in [0.1, 0.15) is 11.0 Å². The first kappa shape index (κ1) is 19.2. The van der Waals surface area contributed by atoms with Gasteiger partial charge in [-0.2, -0.15) is 5.26 Å². The van der Waals surface area contributed by atoms with Crippen LogP contribution in [-0.4, -0.2) is 57.4 Å². The molecular weight excluding hydrogens is 338 g/mol. The van der Waals surface area contributed by atoms with Gasteiger partial charge in [-0.3, -0.25) is 4.79 Å². The molecule has 1 saturated heterocycles. The number of carbonyl (C=O) groups excluding carboxylic acids is 1. The maximum absolute atomic E-state index is 12.9. The minimum atomic E-state index is -3.85. The molecule has 25 heavy (non-hydrogen) atoms. The third-order valence-corrected chi connectivity index (χ3v) is 6.29. The first-order valence-electron chi connectivity index (χ1n) is 8.03. The third kappa shape index (κ3) is 3.75. The summed E-state index contributed by atoms with van der Waals surface area (Å²) in [6.07, 6.45) is 0. The summed E-state index contributed by atoms with van der Waals surface area (Å²) in [7, 11) is -1.83. The van der Waals surface area contributed by atoms with Crippen molar-refractivity contribution in [1.29, 1.82) is 5.26 Å². The van der Waals surface area contributed by atoms with Gasteiger partial charge in [0.2, 0.25) is 15.7 Å². The average Bonchev–Trinajstić information content (AvgIpc) is 2.61. The van der Waals surface area contributed by atoms with Gasteiger partial charge in [0.15, 0.2) is 0 Å². The molecule has 1 fully saturated rings.